The molecule has 0 saturated carbocycles. The number of benzene rings is 1. The normalized spacial score (nSPS) is 10.6. The average molecular weight is 310 g/mol. The Morgan fingerprint density at radius 3 is 2.60 bits per heavy atom. The SMILES string of the molecule is Cc1cc(CNC(=O)CSc2ccc(Cl)cc2)c(C)o1. The van der Waals surface area contributed by atoms with E-state index < -0.39 is 0 Å². The molecule has 0 atom stereocenters. The van der Waals surface area contributed by atoms with Gasteiger partial charge in [-0.2, -0.15) is 0 Å². The number of carbonyl (C=O) groups is 1. The Balaban J connectivity index is 1.78. The van der Waals surface area contributed by atoms with Gasteiger partial charge in [-0.3, -0.25) is 4.79 Å². The van der Waals surface area contributed by atoms with Crippen LogP contribution in [0.2, 0.25) is 5.02 Å². The number of carbonyl (C=O) groups excluding carboxylic acids is 1. The summed E-state index contributed by atoms with van der Waals surface area (Å²) in [6.45, 7) is 4.30. The van der Waals surface area contributed by atoms with Crippen LogP contribution >= 0.6 is 23.4 Å². The van der Waals surface area contributed by atoms with Gasteiger partial charge in [0.05, 0.1) is 5.75 Å². The highest BCUT2D eigenvalue weighted by molar-refractivity contribution is 8.00. The molecule has 0 spiro atoms. The number of furan rings is 1. The second-order valence-corrected chi connectivity index (χ2v) is 5.94. The van der Waals surface area contributed by atoms with Crippen LogP contribution < -0.4 is 5.32 Å². The third-order valence-corrected chi connectivity index (χ3v) is 4.07. The molecule has 0 fully saturated rings. The van der Waals surface area contributed by atoms with Crippen molar-refractivity contribution in [2.45, 2.75) is 25.3 Å². The van der Waals surface area contributed by atoms with Gasteiger partial charge in [0.25, 0.3) is 0 Å². The first kappa shape index (κ1) is 15.0. The number of hydrogen-bond donors (Lipinski definition) is 1. The lowest BCUT2D eigenvalue weighted by atomic mass is 10.2. The lowest BCUT2D eigenvalue weighted by Crippen LogP contribution is -2.24. The van der Waals surface area contributed by atoms with E-state index in [1.54, 1.807) is 0 Å². The van der Waals surface area contributed by atoms with E-state index in [0.717, 1.165) is 22.0 Å². The van der Waals surface area contributed by atoms with Crippen LogP contribution in [0.3, 0.4) is 0 Å². The molecule has 0 aliphatic carbocycles. The van der Waals surface area contributed by atoms with E-state index in [1.165, 1.54) is 11.8 Å². The van der Waals surface area contributed by atoms with Gasteiger partial charge in [-0.1, -0.05) is 11.6 Å². The van der Waals surface area contributed by atoms with Gasteiger partial charge in [0.2, 0.25) is 5.91 Å². The Morgan fingerprint density at radius 2 is 2.00 bits per heavy atom. The minimum atomic E-state index is 0.00297. The van der Waals surface area contributed by atoms with Crippen LogP contribution in [0.5, 0.6) is 0 Å². The molecule has 5 heteroatoms. The molecule has 1 aromatic carbocycles. The van der Waals surface area contributed by atoms with E-state index in [9.17, 15) is 4.79 Å². The zero-order valence-electron chi connectivity index (χ0n) is 11.4. The number of aryl methyl sites for hydroxylation is 2. The molecule has 0 aliphatic rings. The monoisotopic (exact) mass is 309 g/mol. The number of amides is 1. The summed E-state index contributed by atoms with van der Waals surface area (Å²) >= 11 is 7.30. The maximum atomic E-state index is 11.8. The minimum Gasteiger partial charge on any atom is -0.466 e. The smallest absolute Gasteiger partial charge is 0.230 e. The maximum Gasteiger partial charge on any atom is 0.230 e. The molecule has 0 radical (unpaired) electrons. The third kappa shape index (κ3) is 4.32. The van der Waals surface area contributed by atoms with Crippen molar-refractivity contribution in [3.63, 3.8) is 0 Å². The highest BCUT2D eigenvalue weighted by Crippen LogP contribution is 2.20. The van der Waals surface area contributed by atoms with Crippen molar-refractivity contribution in [3.8, 4) is 0 Å². The summed E-state index contributed by atoms with van der Waals surface area (Å²) in [6.07, 6.45) is 0. The highest BCUT2D eigenvalue weighted by atomic mass is 35.5. The van der Waals surface area contributed by atoms with Gasteiger partial charge in [0, 0.05) is 22.0 Å². The lowest BCUT2D eigenvalue weighted by Gasteiger charge is -2.04. The topological polar surface area (TPSA) is 42.2 Å². The molecule has 2 rings (SSSR count). The second kappa shape index (κ2) is 6.86. The van der Waals surface area contributed by atoms with E-state index in [4.69, 9.17) is 16.0 Å². The summed E-state index contributed by atoms with van der Waals surface area (Å²) < 4.78 is 5.42. The summed E-state index contributed by atoms with van der Waals surface area (Å²) in [5.74, 6) is 2.11. The van der Waals surface area contributed by atoms with Gasteiger partial charge < -0.3 is 9.73 Å². The molecule has 0 aliphatic heterocycles. The predicted octanol–water partition coefficient (Wildman–Crippen LogP) is 3.96. The van der Waals surface area contributed by atoms with Gasteiger partial charge in [0.1, 0.15) is 11.5 Å². The molecule has 2 aromatic rings. The van der Waals surface area contributed by atoms with Crippen LogP contribution in [0.25, 0.3) is 0 Å². The van der Waals surface area contributed by atoms with Crippen molar-refractivity contribution < 1.29 is 9.21 Å². The standard InChI is InChI=1S/C15H16ClNO2S/c1-10-7-12(11(2)19-10)8-17-15(18)9-20-14-5-3-13(16)4-6-14/h3-7H,8-9H2,1-2H3,(H,17,18). The molecule has 106 valence electrons. The van der Waals surface area contributed by atoms with E-state index in [2.05, 4.69) is 5.32 Å². The number of thioether (sulfide) groups is 1. The van der Waals surface area contributed by atoms with Crippen molar-refractivity contribution >= 4 is 29.3 Å². The Morgan fingerprint density at radius 1 is 1.30 bits per heavy atom. The fourth-order valence-corrected chi connectivity index (χ4v) is 2.64. The van der Waals surface area contributed by atoms with Crippen molar-refractivity contribution in [1.82, 2.24) is 5.32 Å². The second-order valence-electron chi connectivity index (χ2n) is 4.46. The highest BCUT2D eigenvalue weighted by Gasteiger charge is 2.07. The van der Waals surface area contributed by atoms with Crippen LogP contribution in [0.4, 0.5) is 0 Å². The van der Waals surface area contributed by atoms with Gasteiger partial charge >= 0.3 is 0 Å². The van der Waals surface area contributed by atoms with Gasteiger partial charge in [-0.25, -0.2) is 0 Å². The van der Waals surface area contributed by atoms with Crippen LogP contribution in [-0.4, -0.2) is 11.7 Å². The molecule has 0 bridgehead atoms. The average Bonchev–Trinajstić information content (AvgIpc) is 2.74. The molecule has 1 amide bonds. The lowest BCUT2D eigenvalue weighted by molar-refractivity contribution is -0.118. The summed E-state index contributed by atoms with van der Waals surface area (Å²) in [5.41, 5.74) is 1.02. The minimum absolute atomic E-state index is 0.00297. The van der Waals surface area contributed by atoms with Gasteiger partial charge in [-0.15, -0.1) is 11.8 Å². The Bertz CT molecular complexity index is 592. The zero-order valence-corrected chi connectivity index (χ0v) is 13.0. The molecule has 3 nitrogen and oxygen atoms in total. The summed E-state index contributed by atoms with van der Waals surface area (Å²) in [6, 6.07) is 9.40. The van der Waals surface area contributed by atoms with Crippen molar-refractivity contribution in [2.75, 3.05) is 5.75 Å². The Kier molecular flexibility index (Phi) is 5.15. The van der Waals surface area contributed by atoms with Crippen LogP contribution in [0.1, 0.15) is 17.1 Å². The van der Waals surface area contributed by atoms with E-state index in [1.807, 2.05) is 44.2 Å². The number of rotatable bonds is 5. The van der Waals surface area contributed by atoms with E-state index in [-0.39, 0.29) is 5.91 Å². The van der Waals surface area contributed by atoms with Crippen LogP contribution in [0, 0.1) is 13.8 Å². The molecule has 0 saturated heterocycles. The Labute approximate surface area is 127 Å². The quantitative estimate of drug-likeness (QED) is 0.850. The molecule has 1 aromatic heterocycles. The molecule has 1 heterocycles. The van der Waals surface area contributed by atoms with Crippen molar-refractivity contribution in [1.29, 1.82) is 0 Å². The first-order valence-electron chi connectivity index (χ1n) is 6.25. The molecule has 1 N–H and O–H groups in total. The number of hydrogen-bond acceptors (Lipinski definition) is 3. The molecule has 0 unspecified atom stereocenters. The molecule has 20 heavy (non-hydrogen) atoms. The number of halogens is 1. The number of nitrogens with one attached hydrogen (secondary N) is 1. The largest absolute Gasteiger partial charge is 0.466 e. The van der Waals surface area contributed by atoms with Crippen molar-refractivity contribution in [2.24, 2.45) is 0 Å². The zero-order chi connectivity index (χ0) is 14.5. The fourth-order valence-electron chi connectivity index (χ4n) is 1.78. The van der Waals surface area contributed by atoms with Gasteiger partial charge in [0.15, 0.2) is 0 Å². The molecular formula is C15H16ClNO2S. The molecular weight excluding hydrogens is 294 g/mol. The predicted molar refractivity (Wildman–Crippen MR) is 82.2 cm³/mol. The van der Waals surface area contributed by atoms with E-state index in [0.29, 0.717) is 17.3 Å². The summed E-state index contributed by atoms with van der Waals surface area (Å²) in [7, 11) is 0. The van der Waals surface area contributed by atoms with Crippen LogP contribution in [-0.2, 0) is 11.3 Å². The maximum absolute atomic E-state index is 11.8. The van der Waals surface area contributed by atoms with Crippen molar-refractivity contribution in [3.05, 3.63) is 52.4 Å². The first-order chi connectivity index (χ1) is 9.54. The summed E-state index contributed by atoms with van der Waals surface area (Å²) in [5, 5.41) is 3.59. The first-order valence-corrected chi connectivity index (χ1v) is 7.62. The third-order valence-electron chi connectivity index (χ3n) is 2.80. The van der Waals surface area contributed by atoms with Gasteiger partial charge in [-0.05, 0) is 44.2 Å². The Hall–Kier alpha value is -1.39. The summed E-state index contributed by atoms with van der Waals surface area (Å²) in [4.78, 5) is 12.8. The van der Waals surface area contributed by atoms with Crippen LogP contribution in [0.15, 0.2) is 39.6 Å². The fraction of sp³-hybridized carbons (Fsp3) is 0.267. The van der Waals surface area contributed by atoms with E-state index >= 15 is 0 Å².